The molecule has 1 aromatic rings. The van der Waals surface area contributed by atoms with Crippen LogP contribution in [0.4, 0.5) is 5.69 Å². The van der Waals surface area contributed by atoms with Gasteiger partial charge < -0.3 is 10.6 Å². The Balaban J connectivity index is 2.10. The lowest BCUT2D eigenvalue weighted by Gasteiger charge is -2.23. The molecule has 1 aromatic carbocycles. The fraction of sp³-hybridized carbons (Fsp3) is 0.462. The average molecular weight is 263 g/mol. The van der Waals surface area contributed by atoms with Crippen molar-refractivity contribution in [3.05, 3.63) is 39.4 Å². The SMILES string of the molecule is Cc1ccc(C(=O)N[C@H]2CCCNC2)cc1[N+](=O)[O-]. The molecule has 0 aromatic heterocycles. The summed E-state index contributed by atoms with van der Waals surface area (Å²) in [7, 11) is 0. The Kier molecular flexibility index (Phi) is 4.11. The van der Waals surface area contributed by atoms with E-state index in [-0.39, 0.29) is 17.6 Å². The minimum atomic E-state index is -0.464. The van der Waals surface area contributed by atoms with Crippen LogP contribution in [0.3, 0.4) is 0 Å². The molecule has 1 fully saturated rings. The summed E-state index contributed by atoms with van der Waals surface area (Å²) in [6.45, 7) is 3.38. The Morgan fingerprint density at radius 2 is 2.32 bits per heavy atom. The lowest BCUT2D eigenvalue weighted by molar-refractivity contribution is -0.385. The van der Waals surface area contributed by atoms with Crippen LogP contribution in [-0.2, 0) is 0 Å². The van der Waals surface area contributed by atoms with Crippen LogP contribution in [0.1, 0.15) is 28.8 Å². The molecule has 1 atom stereocenters. The fourth-order valence-corrected chi connectivity index (χ4v) is 2.19. The van der Waals surface area contributed by atoms with Crippen LogP contribution in [0.25, 0.3) is 0 Å². The molecule has 0 bridgehead atoms. The summed E-state index contributed by atoms with van der Waals surface area (Å²) in [5.41, 5.74) is 0.873. The van der Waals surface area contributed by atoms with Crippen LogP contribution in [0, 0.1) is 17.0 Å². The van der Waals surface area contributed by atoms with E-state index in [0.29, 0.717) is 11.1 Å². The molecule has 0 spiro atoms. The maximum atomic E-state index is 12.0. The van der Waals surface area contributed by atoms with Gasteiger partial charge in [-0.05, 0) is 32.4 Å². The summed E-state index contributed by atoms with van der Waals surface area (Å²) in [6, 6.07) is 4.66. The quantitative estimate of drug-likeness (QED) is 0.637. The number of hydrogen-bond acceptors (Lipinski definition) is 4. The normalized spacial score (nSPS) is 18.9. The van der Waals surface area contributed by atoms with Crippen molar-refractivity contribution in [2.24, 2.45) is 0 Å². The molecule has 0 unspecified atom stereocenters. The Bertz CT molecular complexity index is 496. The summed E-state index contributed by atoms with van der Waals surface area (Å²) < 4.78 is 0. The molecule has 1 aliphatic heterocycles. The smallest absolute Gasteiger partial charge is 0.273 e. The zero-order valence-electron chi connectivity index (χ0n) is 10.8. The van der Waals surface area contributed by atoms with Crippen molar-refractivity contribution < 1.29 is 9.72 Å². The molecule has 19 heavy (non-hydrogen) atoms. The summed E-state index contributed by atoms with van der Waals surface area (Å²) in [6.07, 6.45) is 1.96. The number of nitro benzene ring substituents is 1. The van der Waals surface area contributed by atoms with Gasteiger partial charge in [0.25, 0.3) is 11.6 Å². The highest BCUT2D eigenvalue weighted by Gasteiger charge is 2.19. The zero-order chi connectivity index (χ0) is 13.8. The number of nitrogens with zero attached hydrogens (tertiary/aromatic N) is 1. The number of piperidine rings is 1. The maximum absolute atomic E-state index is 12.0. The second-order valence-corrected chi connectivity index (χ2v) is 4.78. The van der Waals surface area contributed by atoms with Crippen molar-refractivity contribution >= 4 is 11.6 Å². The lowest BCUT2D eigenvalue weighted by Crippen LogP contribution is -2.45. The van der Waals surface area contributed by atoms with Crippen molar-refractivity contribution in [1.29, 1.82) is 0 Å². The number of nitrogens with one attached hydrogen (secondary N) is 2. The first-order valence-corrected chi connectivity index (χ1v) is 6.34. The van der Waals surface area contributed by atoms with Gasteiger partial charge in [-0.15, -0.1) is 0 Å². The van der Waals surface area contributed by atoms with E-state index in [1.165, 1.54) is 6.07 Å². The fourth-order valence-electron chi connectivity index (χ4n) is 2.19. The van der Waals surface area contributed by atoms with Crippen LogP contribution >= 0.6 is 0 Å². The minimum absolute atomic E-state index is 0.0191. The molecule has 0 radical (unpaired) electrons. The van der Waals surface area contributed by atoms with Gasteiger partial charge in [-0.3, -0.25) is 14.9 Å². The standard InChI is InChI=1S/C13H17N3O3/c1-9-4-5-10(7-12(9)16(18)19)13(17)15-11-3-2-6-14-8-11/h4-5,7,11,14H,2-3,6,8H2,1H3,(H,15,17)/t11-/m0/s1. The number of nitro groups is 1. The molecule has 1 aliphatic rings. The highest BCUT2D eigenvalue weighted by atomic mass is 16.6. The van der Waals surface area contributed by atoms with E-state index in [9.17, 15) is 14.9 Å². The molecule has 0 saturated carbocycles. The second kappa shape index (κ2) is 5.79. The number of carbonyl (C=O) groups is 1. The third kappa shape index (κ3) is 3.29. The van der Waals surface area contributed by atoms with Crippen molar-refractivity contribution in [1.82, 2.24) is 10.6 Å². The highest BCUT2D eigenvalue weighted by molar-refractivity contribution is 5.95. The van der Waals surface area contributed by atoms with E-state index in [1.54, 1.807) is 19.1 Å². The van der Waals surface area contributed by atoms with E-state index >= 15 is 0 Å². The zero-order valence-corrected chi connectivity index (χ0v) is 10.8. The number of benzene rings is 1. The Hall–Kier alpha value is -1.95. The first kappa shape index (κ1) is 13.5. The van der Waals surface area contributed by atoms with E-state index in [4.69, 9.17) is 0 Å². The summed E-state index contributed by atoms with van der Waals surface area (Å²) >= 11 is 0. The molecule has 6 nitrogen and oxygen atoms in total. The predicted molar refractivity (Wildman–Crippen MR) is 71.2 cm³/mol. The molecule has 2 rings (SSSR count). The van der Waals surface area contributed by atoms with Crippen LogP contribution in [-0.4, -0.2) is 30.0 Å². The van der Waals surface area contributed by atoms with Gasteiger partial charge in [0.05, 0.1) is 4.92 Å². The lowest BCUT2D eigenvalue weighted by atomic mass is 10.1. The molecular formula is C13H17N3O3. The number of aryl methyl sites for hydroxylation is 1. The van der Waals surface area contributed by atoms with Crippen LogP contribution in [0.5, 0.6) is 0 Å². The Morgan fingerprint density at radius 3 is 2.95 bits per heavy atom. The van der Waals surface area contributed by atoms with Gasteiger partial charge in [0.2, 0.25) is 0 Å². The molecule has 1 heterocycles. The first-order valence-electron chi connectivity index (χ1n) is 6.34. The van der Waals surface area contributed by atoms with Gasteiger partial charge in [0.1, 0.15) is 0 Å². The van der Waals surface area contributed by atoms with E-state index in [0.717, 1.165) is 25.9 Å². The summed E-state index contributed by atoms with van der Waals surface area (Å²) in [5, 5.41) is 17.0. The van der Waals surface area contributed by atoms with Crippen molar-refractivity contribution in [2.75, 3.05) is 13.1 Å². The largest absolute Gasteiger partial charge is 0.348 e. The van der Waals surface area contributed by atoms with E-state index in [1.807, 2.05) is 0 Å². The van der Waals surface area contributed by atoms with Gasteiger partial charge in [0.15, 0.2) is 0 Å². The maximum Gasteiger partial charge on any atom is 0.273 e. The molecule has 6 heteroatoms. The van der Waals surface area contributed by atoms with E-state index < -0.39 is 4.92 Å². The first-order chi connectivity index (χ1) is 9.08. The second-order valence-electron chi connectivity index (χ2n) is 4.78. The van der Waals surface area contributed by atoms with Gasteiger partial charge in [0, 0.05) is 29.8 Å². The van der Waals surface area contributed by atoms with Gasteiger partial charge in [-0.1, -0.05) is 6.07 Å². The third-order valence-corrected chi connectivity index (χ3v) is 3.30. The van der Waals surface area contributed by atoms with Crippen LogP contribution in [0.15, 0.2) is 18.2 Å². The average Bonchev–Trinajstić information content (AvgIpc) is 2.40. The van der Waals surface area contributed by atoms with Gasteiger partial charge in [-0.2, -0.15) is 0 Å². The minimum Gasteiger partial charge on any atom is -0.348 e. The summed E-state index contributed by atoms with van der Waals surface area (Å²) in [5.74, 6) is -0.253. The van der Waals surface area contributed by atoms with E-state index in [2.05, 4.69) is 10.6 Å². The van der Waals surface area contributed by atoms with Gasteiger partial charge >= 0.3 is 0 Å². The van der Waals surface area contributed by atoms with Crippen molar-refractivity contribution in [3.63, 3.8) is 0 Å². The number of carbonyl (C=O) groups excluding carboxylic acids is 1. The van der Waals surface area contributed by atoms with Gasteiger partial charge in [-0.25, -0.2) is 0 Å². The number of amides is 1. The predicted octanol–water partition coefficient (Wildman–Crippen LogP) is 1.39. The molecule has 2 N–H and O–H groups in total. The molecular weight excluding hydrogens is 246 g/mol. The Morgan fingerprint density at radius 1 is 1.53 bits per heavy atom. The Labute approximate surface area is 111 Å². The molecule has 0 aliphatic carbocycles. The summed E-state index contributed by atoms with van der Waals surface area (Å²) in [4.78, 5) is 22.4. The van der Waals surface area contributed by atoms with Crippen LogP contribution < -0.4 is 10.6 Å². The van der Waals surface area contributed by atoms with Crippen molar-refractivity contribution in [3.8, 4) is 0 Å². The molecule has 1 saturated heterocycles. The topological polar surface area (TPSA) is 84.3 Å². The highest BCUT2D eigenvalue weighted by Crippen LogP contribution is 2.19. The monoisotopic (exact) mass is 263 g/mol. The number of hydrogen-bond donors (Lipinski definition) is 2. The molecule has 102 valence electrons. The van der Waals surface area contributed by atoms with Crippen molar-refractivity contribution in [2.45, 2.75) is 25.8 Å². The molecule has 1 amide bonds. The third-order valence-electron chi connectivity index (χ3n) is 3.30. The van der Waals surface area contributed by atoms with Crippen LogP contribution in [0.2, 0.25) is 0 Å². The number of rotatable bonds is 3.